The molecule has 1 aromatic carbocycles. The van der Waals surface area contributed by atoms with Crippen molar-refractivity contribution in [3.8, 4) is 5.75 Å². The van der Waals surface area contributed by atoms with Crippen molar-refractivity contribution in [2.75, 3.05) is 0 Å². The zero-order valence-corrected chi connectivity index (χ0v) is 8.80. The second-order valence-corrected chi connectivity index (χ2v) is 4.30. The summed E-state index contributed by atoms with van der Waals surface area (Å²) in [6.45, 7) is 0. The first kappa shape index (κ1) is 11.6. The summed E-state index contributed by atoms with van der Waals surface area (Å²) in [5.41, 5.74) is -4.55. The molecule has 7 heteroatoms. The molecule has 1 N–H and O–H groups in total. The minimum atomic E-state index is -4.55. The number of rotatable bonds is 1. The Hall–Kier alpha value is -0.430. The van der Waals surface area contributed by atoms with Crippen molar-refractivity contribution in [3.63, 3.8) is 0 Å². The Balaban J connectivity index is 3.09. The van der Waals surface area contributed by atoms with Crippen molar-refractivity contribution < 1.29 is 22.7 Å². The first-order valence-electron chi connectivity index (χ1n) is 3.23. The van der Waals surface area contributed by atoms with Gasteiger partial charge in [0.1, 0.15) is 0 Å². The van der Waals surface area contributed by atoms with Crippen LogP contribution < -0.4 is 0 Å². The molecule has 0 amide bonds. The molecule has 78 valence electrons. The number of benzene rings is 1. The molecule has 0 aliphatic carbocycles. The molecule has 0 bridgehead atoms. The highest BCUT2D eigenvalue weighted by atomic mass is 79.9. The van der Waals surface area contributed by atoms with E-state index in [1.807, 2.05) is 0 Å². The number of aromatic hydroxyl groups is 1. The summed E-state index contributed by atoms with van der Waals surface area (Å²) in [6.07, 6.45) is 0. The number of phenols is 1. The molecule has 0 saturated heterocycles. The fourth-order valence-electron chi connectivity index (χ4n) is 0.745. The van der Waals surface area contributed by atoms with Crippen molar-refractivity contribution in [1.82, 2.24) is 0 Å². The van der Waals surface area contributed by atoms with Gasteiger partial charge in [0.15, 0.2) is 11.6 Å². The molecule has 0 fully saturated rings. The number of phenolic OH excluding ortho intramolecular Hbond substituents is 1. The van der Waals surface area contributed by atoms with Crippen LogP contribution in [0.5, 0.6) is 5.75 Å². The predicted octanol–water partition coefficient (Wildman–Crippen LogP) is 3.91. The Morgan fingerprint density at radius 3 is 2.36 bits per heavy atom. The van der Waals surface area contributed by atoms with E-state index < -0.39 is 33.7 Å². The summed E-state index contributed by atoms with van der Waals surface area (Å²) in [7, 11) is 0. The topological polar surface area (TPSA) is 20.2 Å². The predicted molar refractivity (Wildman–Crippen MR) is 47.7 cm³/mol. The van der Waals surface area contributed by atoms with Crippen LogP contribution in [0.3, 0.4) is 0 Å². The maximum atomic E-state index is 12.8. The molecule has 0 heterocycles. The van der Waals surface area contributed by atoms with Crippen LogP contribution in [-0.2, 0) is 0 Å². The molecule has 0 aliphatic heterocycles. The van der Waals surface area contributed by atoms with Gasteiger partial charge in [0.25, 0.3) is 0 Å². The number of hydrogen-bond acceptors (Lipinski definition) is 2. The van der Waals surface area contributed by atoms with E-state index in [-0.39, 0.29) is 4.47 Å². The maximum Gasteiger partial charge on any atom is 0.446 e. The van der Waals surface area contributed by atoms with E-state index in [0.717, 1.165) is 12.1 Å². The molecule has 0 aromatic heterocycles. The Morgan fingerprint density at radius 2 is 1.86 bits per heavy atom. The van der Waals surface area contributed by atoms with Crippen molar-refractivity contribution in [1.29, 1.82) is 0 Å². The second-order valence-electron chi connectivity index (χ2n) is 2.28. The lowest BCUT2D eigenvalue weighted by molar-refractivity contribution is -0.0329. The smallest absolute Gasteiger partial charge is 0.446 e. The van der Waals surface area contributed by atoms with Crippen LogP contribution in [-0.4, -0.2) is 10.6 Å². The minimum Gasteiger partial charge on any atom is -0.504 e. The lowest BCUT2D eigenvalue weighted by Gasteiger charge is -2.08. The average molecular weight is 291 g/mol. The average Bonchev–Trinajstić information content (AvgIpc) is 1.96. The van der Waals surface area contributed by atoms with Gasteiger partial charge < -0.3 is 5.11 Å². The van der Waals surface area contributed by atoms with E-state index in [1.54, 1.807) is 0 Å². The molecular weight excluding hydrogens is 288 g/mol. The number of hydrogen-bond donors (Lipinski definition) is 1. The largest absolute Gasteiger partial charge is 0.504 e. The van der Waals surface area contributed by atoms with Crippen LogP contribution in [0.2, 0.25) is 0 Å². The molecular formula is C7H3BrF4OS. The molecule has 1 aromatic rings. The monoisotopic (exact) mass is 290 g/mol. The number of halogens is 5. The third-order valence-corrected chi connectivity index (χ3v) is 2.44. The highest BCUT2D eigenvalue weighted by Gasteiger charge is 2.31. The summed E-state index contributed by atoms with van der Waals surface area (Å²) in [6, 6.07) is 1.88. The fourth-order valence-corrected chi connectivity index (χ4v) is 1.96. The Kier molecular flexibility index (Phi) is 3.31. The summed E-state index contributed by atoms with van der Waals surface area (Å²) in [5.74, 6) is -2.08. The summed E-state index contributed by atoms with van der Waals surface area (Å²) < 4.78 is 48.6. The molecule has 0 aliphatic rings. The number of alkyl halides is 3. The van der Waals surface area contributed by atoms with Crippen LogP contribution in [0.4, 0.5) is 17.6 Å². The lowest BCUT2D eigenvalue weighted by atomic mass is 10.3. The molecule has 14 heavy (non-hydrogen) atoms. The van der Waals surface area contributed by atoms with Crippen LogP contribution >= 0.6 is 27.7 Å². The first-order valence-corrected chi connectivity index (χ1v) is 4.84. The maximum absolute atomic E-state index is 12.8. The molecule has 0 unspecified atom stereocenters. The standard InChI is InChI=1S/C7H3BrF4OS/c8-3-1-4(9)6(13)5(2-3)14-7(10,11)12/h1-2,13H. The van der Waals surface area contributed by atoms with Gasteiger partial charge in [0.2, 0.25) is 0 Å². The molecule has 0 saturated carbocycles. The van der Waals surface area contributed by atoms with Crippen molar-refractivity contribution in [2.24, 2.45) is 0 Å². The van der Waals surface area contributed by atoms with Crippen molar-refractivity contribution >= 4 is 27.7 Å². The quantitative estimate of drug-likeness (QED) is 0.625. The Bertz CT molecular complexity index is 352. The van der Waals surface area contributed by atoms with Crippen LogP contribution in [0.15, 0.2) is 21.5 Å². The molecule has 1 nitrogen and oxygen atoms in total. The van der Waals surface area contributed by atoms with E-state index in [4.69, 9.17) is 5.11 Å². The van der Waals surface area contributed by atoms with Gasteiger partial charge in [-0.3, -0.25) is 0 Å². The van der Waals surface area contributed by atoms with E-state index in [1.165, 1.54) is 0 Å². The van der Waals surface area contributed by atoms with Crippen molar-refractivity contribution in [2.45, 2.75) is 10.4 Å². The Labute approximate surface area is 89.2 Å². The third kappa shape index (κ3) is 3.06. The van der Waals surface area contributed by atoms with E-state index in [2.05, 4.69) is 15.9 Å². The van der Waals surface area contributed by atoms with Gasteiger partial charge in [-0.25, -0.2) is 4.39 Å². The van der Waals surface area contributed by atoms with E-state index >= 15 is 0 Å². The van der Waals surface area contributed by atoms with Crippen LogP contribution in [0.25, 0.3) is 0 Å². The van der Waals surface area contributed by atoms with Gasteiger partial charge >= 0.3 is 5.51 Å². The third-order valence-electron chi connectivity index (χ3n) is 1.22. The van der Waals surface area contributed by atoms with E-state index in [9.17, 15) is 17.6 Å². The highest BCUT2D eigenvalue weighted by molar-refractivity contribution is 9.10. The summed E-state index contributed by atoms with van der Waals surface area (Å²) >= 11 is 2.26. The van der Waals surface area contributed by atoms with Gasteiger partial charge in [-0.1, -0.05) is 15.9 Å². The van der Waals surface area contributed by atoms with Gasteiger partial charge in [0.05, 0.1) is 4.90 Å². The van der Waals surface area contributed by atoms with Gasteiger partial charge in [-0.2, -0.15) is 13.2 Å². The van der Waals surface area contributed by atoms with Gasteiger partial charge in [0, 0.05) is 4.47 Å². The van der Waals surface area contributed by atoms with Gasteiger partial charge in [-0.15, -0.1) is 0 Å². The zero-order chi connectivity index (χ0) is 10.9. The molecule has 0 radical (unpaired) electrons. The lowest BCUT2D eigenvalue weighted by Crippen LogP contribution is -1.99. The molecule has 0 atom stereocenters. The zero-order valence-electron chi connectivity index (χ0n) is 6.40. The normalized spacial score (nSPS) is 11.8. The molecule has 1 rings (SSSR count). The van der Waals surface area contributed by atoms with Crippen molar-refractivity contribution in [3.05, 3.63) is 22.4 Å². The SMILES string of the molecule is Oc1c(F)cc(Br)cc1SC(F)(F)F. The molecule has 0 spiro atoms. The fraction of sp³-hybridized carbons (Fsp3) is 0.143. The summed E-state index contributed by atoms with van der Waals surface area (Å²) in [5, 5.41) is 8.97. The summed E-state index contributed by atoms with van der Waals surface area (Å²) in [4.78, 5) is -0.565. The van der Waals surface area contributed by atoms with Crippen LogP contribution in [0.1, 0.15) is 0 Å². The second kappa shape index (κ2) is 3.98. The number of thioether (sulfide) groups is 1. The Morgan fingerprint density at radius 1 is 1.29 bits per heavy atom. The van der Waals surface area contributed by atoms with E-state index in [0.29, 0.717) is 0 Å². The highest BCUT2D eigenvalue weighted by Crippen LogP contribution is 2.42. The van der Waals surface area contributed by atoms with Crippen LogP contribution in [0, 0.1) is 5.82 Å². The van der Waals surface area contributed by atoms with Gasteiger partial charge in [-0.05, 0) is 23.9 Å². The minimum absolute atomic E-state index is 0.138. The first-order chi connectivity index (χ1) is 6.29.